The number of anilines is 2. The number of hydrogen-bond acceptors (Lipinski definition) is 9. The van der Waals surface area contributed by atoms with Crippen LogP contribution in [0.15, 0.2) is 171 Å². The lowest BCUT2D eigenvalue weighted by atomic mass is 10.1. The highest BCUT2D eigenvalue weighted by Crippen LogP contribution is 2.27. The molecule has 0 radical (unpaired) electrons. The predicted octanol–water partition coefficient (Wildman–Crippen LogP) is 12.4. The molecule has 16 heteroatoms. The van der Waals surface area contributed by atoms with Gasteiger partial charge in [-0.2, -0.15) is 0 Å². The fourth-order valence-electron chi connectivity index (χ4n) is 8.20. The van der Waals surface area contributed by atoms with E-state index in [4.69, 9.17) is 32.9 Å². The highest BCUT2D eigenvalue weighted by atomic mass is 35.5. The summed E-state index contributed by atoms with van der Waals surface area (Å²) in [4.78, 5) is 47.9. The summed E-state index contributed by atoms with van der Waals surface area (Å²) in [5.41, 5.74) is 8.80. The van der Waals surface area contributed by atoms with Crippen molar-refractivity contribution < 1.29 is 14.3 Å². The maximum absolute atomic E-state index is 14.1. The number of halogens is 2. The number of fused-ring (bicyclic) bond motifs is 2. The van der Waals surface area contributed by atoms with Gasteiger partial charge in [0.25, 0.3) is 0 Å². The lowest BCUT2D eigenvalue weighted by molar-refractivity contribution is 0.0812. The smallest absolute Gasteiger partial charge is 0.230 e. The molecule has 6 heterocycles. The Hall–Kier alpha value is -7.62. The molecule has 0 unspecified atom stereocenters. The van der Waals surface area contributed by atoms with Gasteiger partial charge in [-0.25, -0.2) is 9.97 Å². The molecule has 3 N–H and O–H groups in total. The summed E-state index contributed by atoms with van der Waals surface area (Å²) in [7, 11) is -1.23. The van der Waals surface area contributed by atoms with Gasteiger partial charge in [0.05, 0.1) is 53.2 Å². The number of ketones is 2. The van der Waals surface area contributed by atoms with Crippen molar-refractivity contribution >= 4 is 76.0 Å². The van der Waals surface area contributed by atoms with Crippen LogP contribution in [0, 0.1) is 0 Å². The average molecular weight is 1010 g/mol. The second-order valence-electron chi connectivity index (χ2n) is 18.6. The summed E-state index contributed by atoms with van der Waals surface area (Å²) in [6, 6.07) is 40.1. The van der Waals surface area contributed by atoms with Gasteiger partial charge in [0.15, 0.2) is 11.6 Å². The van der Waals surface area contributed by atoms with Crippen LogP contribution < -0.4 is 10.6 Å². The van der Waals surface area contributed by atoms with Crippen molar-refractivity contribution in [1.29, 1.82) is 0 Å². The Labute approximate surface area is 428 Å². The zero-order valence-electron chi connectivity index (χ0n) is 40.2. The molecule has 0 spiro atoms. The Balaban J connectivity index is 0.000000182. The van der Waals surface area contributed by atoms with E-state index < -0.39 is 8.07 Å². The monoisotopic (exact) mass is 1010 g/mol. The van der Waals surface area contributed by atoms with E-state index in [1.165, 1.54) is 0 Å². The fraction of sp³-hybridized carbons (Fsp3) is 0.179. The number of imidazole rings is 2. The van der Waals surface area contributed by atoms with E-state index in [0.717, 1.165) is 61.7 Å². The van der Waals surface area contributed by atoms with Crippen LogP contribution >= 0.6 is 23.2 Å². The van der Waals surface area contributed by atoms with E-state index >= 15 is 0 Å². The van der Waals surface area contributed by atoms with Crippen molar-refractivity contribution in [1.82, 2.24) is 38.6 Å². The number of para-hydroxylation sites is 2. The predicted molar refractivity (Wildman–Crippen MR) is 290 cm³/mol. The Morgan fingerprint density at radius 1 is 0.625 bits per heavy atom. The fourth-order valence-corrected chi connectivity index (χ4v) is 9.21. The van der Waals surface area contributed by atoms with Crippen molar-refractivity contribution in [3.8, 4) is 0 Å². The minimum Gasteiger partial charge on any atom is -0.378 e. The summed E-state index contributed by atoms with van der Waals surface area (Å²) in [6.07, 6.45) is 14.4. The van der Waals surface area contributed by atoms with Crippen LogP contribution in [0.4, 0.5) is 11.4 Å². The topological polar surface area (TPSA) is 150 Å². The highest BCUT2D eigenvalue weighted by molar-refractivity contribution is 6.76. The van der Waals surface area contributed by atoms with Crippen LogP contribution in [-0.4, -0.2) is 64.9 Å². The minimum absolute atomic E-state index is 0.132. The quantitative estimate of drug-likeness (QED) is 0.0409. The molecule has 0 aliphatic rings. The SMILES string of the molecule is C[Si](C)(C)CCOCn1cc(CNc2cccnc2)nc1C(=O)c1cn(Cc2ccc(Cl)cc2)c2ccccc12.O=C(c1ncc(CNc2cccnc2)[nH]1)c1cn(Cc2ccc(Cl)cc2)c2ccccc12. The van der Waals surface area contributed by atoms with Gasteiger partial charge >= 0.3 is 0 Å². The second kappa shape index (κ2) is 22.6. The molecule has 72 heavy (non-hydrogen) atoms. The highest BCUT2D eigenvalue weighted by Gasteiger charge is 2.24. The molecular formula is C56H54Cl2N10O3Si. The Bertz CT molecular complexity index is 3420. The number of carbonyl (C=O) groups excluding carboxylic acids is 2. The van der Waals surface area contributed by atoms with Crippen molar-refractivity contribution in [2.24, 2.45) is 0 Å². The summed E-state index contributed by atoms with van der Waals surface area (Å²) in [5.74, 6) is 0.420. The molecule has 0 atom stereocenters. The average Bonchev–Trinajstić information content (AvgIpc) is 4.21. The maximum Gasteiger partial charge on any atom is 0.230 e. The van der Waals surface area contributed by atoms with Gasteiger partial charge in [0.1, 0.15) is 6.73 Å². The largest absolute Gasteiger partial charge is 0.378 e. The molecule has 13 nitrogen and oxygen atoms in total. The van der Waals surface area contributed by atoms with Crippen LogP contribution in [0.25, 0.3) is 21.8 Å². The number of rotatable bonds is 19. The number of nitrogens with zero attached hydrogens (tertiary/aromatic N) is 7. The lowest BCUT2D eigenvalue weighted by Crippen LogP contribution is -2.22. The zero-order valence-corrected chi connectivity index (χ0v) is 42.7. The molecule has 10 aromatic rings. The minimum atomic E-state index is -1.23. The first-order valence-electron chi connectivity index (χ1n) is 23.6. The van der Waals surface area contributed by atoms with Crippen molar-refractivity contribution in [2.45, 2.75) is 58.6 Å². The molecule has 4 aromatic carbocycles. The third kappa shape index (κ3) is 12.5. The number of nitrogens with one attached hydrogen (secondary N) is 3. The first-order chi connectivity index (χ1) is 34.9. The Kier molecular flexibility index (Phi) is 15.5. The molecular weight excluding hydrogens is 960 g/mol. The number of carbonyl (C=O) groups is 2. The molecule has 0 aliphatic heterocycles. The molecule has 0 bridgehead atoms. The van der Waals surface area contributed by atoms with Gasteiger partial charge in [-0.3, -0.25) is 19.6 Å². The number of benzene rings is 4. The Morgan fingerprint density at radius 2 is 1.17 bits per heavy atom. The lowest BCUT2D eigenvalue weighted by Gasteiger charge is -2.15. The third-order valence-electron chi connectivity index (χ3n) is 12.0. The number of ether oxygens (including phenoxy) is 1. The van der Waals surface area contributed by atoms with Crippen LogP contribution in [0.3, 0.4) is 0 Å². The van der Waals surface area contributed by atoms with E-state index in [9.17, 15) is 9.59 Å². The Morgan fingerprint density at radius 3 is 1.71 bits per heavy atom. The van der Waals surface area contributed by atoms with E-state index in [2.05, 4.69) is 59.3 Å². The molecule has 364 valence electrons. The van der Waals surface area contributed by atoms with Crippen LogP contribution in [0.1, 0.15) is 54.9 Å². The van der Waals surface area contributed by atoms with E-state index in [0.29, 0.717) is 65.6 Å². The van der Waals surface area contributed by atoms with Gasteiger partial charge in [-0.15, -0.1) is 0 Å². The third-order valence-corrected chi connectivity index (χ3v) is 14.2. The maximum atomic E-state index is 14.1. The number of H-pyrrole nitrogens is 1. The molecule has 10 rings (SSSR count). The molecule has 0 fully saturated rings. The standard InChI is InChI=1S/C31H34ClN5O2Si.C25H20ClN5O/c1-40(2,3)16-15-39-22-37-20-26(18-34-25-7-6-14-33-17-25)35-31(37)30(38)28-21-36(29-9-5-4-8-27(28)29)19-23-10-12-24(32)13-11-23;26-18-9-7-17(8-10-18)15-31-16-22(21-5-1-2-6-23(21)31)24(32)25-29-14-20(30-25)13-28-19-4-3-11-27-12-19/h4-14,17,20-21,34H,15-16,18-19,22H2,1-3H3;1-12,14,16,28H,13,15H2,(H,29,30). The normalized spacial score (nSPS) is 11.4. The number of pyridine rings is 2. The zero-order chi connectivity index (χ0) is 50.0. The summed E-state index contributed by atoms with van der Waals surface area (Å²) < 4.78 is 12.1. The van der Waals surface area contributed by atoms with E-state index in [1.54, 1.807) is 31.0 Å². The molecule has 0 aliphatic carbocycles. The number of aromatic amines is 1. The molecule has 0 amide bonds. The van der Waals surface area contributed by atoms with Crippen molar-refractivity contribution in [3.63, 3.8) is 0 Å². The van der Waals surface area contributed by atoms with Gasteiger partial charge in [0.2, 0.25) is 11.6 Å². The van der Waals surface area contributed by atoms with Gasteiger partial charge in [-0.1, -0.05) is 104 Å². The number of hydrogen-bond donors (Lipinski definition) is 3. The van der Waals surface area contributed by atoms with Gasteiger partial charge in [-0.05, 0) is 77.8 Å². The van der Waals surface area contributed by atoms with Crippen LogP contribution in [0.5, 0.6) is 0 Å². The van der Waals surface area contributed by atoms with Gasteiger partial charge in [0, 0.05) is 103 Å². The van der Waals surface area contributed by atoms with Gasteiger partial charge < -0.3 is 34.1 Å². The second-order valence-corrected chi connectivity index (χ2v) is 25.1. The molecule has 0 saturated heterocycles. The van der Waals surface area contributed by atoms with E-state index in [-0.39, 0.29) is 18.3 Å². The summed E-state index contributed by atoms with van der Waals surface area (Å²) in [6.45, 7) is 10.2. The van der Waals surface area contributed by atoms with Crippen LogP contribution in [-0.2, 0) is 37.6 Å². The molecule has 0 saturated carbocycles. The first kappa shape index (κ1) is 49.4. The van der Waals surface area contributed by atoms with E-state index in [1.807, 2.05) is 144 Å². The first-order valence-corrected chi connectivity index (χ1v) is 28.1. The summed E-state index contributed by atoms with van der Waals surface area (Å²) in [5, 5.41) is 9.79. The van der Waals surface area contributed by atoms with Crippen LogP contribution in [0.2, 0.25) is 35.7 Å². The molecule has 6 aromatic heterocycles. The van der Waals surface area contributed by atoms with Crippen molar-refractivity contribution in [3.05, 3.63) is 226 Å². The van der Waals surface area contributed by atoms with Crippen molar-refractivity contribution in [2.75, 3.05) is 17.2 Å². The summed E-state index contributed by atoms with van der Waals surface area (Å²) >= 11 is 12.1. The number of aromatic nitrogens is 8.